The van der Waals surface area contributed by atoms with Crippen LogP contribution < -0.4 is 16.7 Å². The zero-order chi connectivity index (χ0) is 14.4. The lowest BCUT2D eigenvalue weighted by atomic mass is 10.2. The fraction of sp³-hybridized carbons (Fsp3) is 0.455. The predicted molar refractivity (Wildman–Crippen MR) is 69.2 cm³/mol. The molecule has 0 saturated carbocycles. The van der Waals surface area contributed by atoms with E-state index in [4.69, 9.17) is 0 Å². The van der Waals surface area contributed by atoms with E-state index in [0.29, 0.717) is 6.42 Å². The summed E-state index contributed by atoms with van der Waals surface area (Å²) in [5, 5.41) is 13.2. The van der Waals surface area contributed by atoms with Crippen molar-refractivity contribution >= 4 is 12.1 Å². The van der Waals surface area contributed by atoms with Crippen molar-refractivity contribution in [1.82, 2.24) is 15.0 Å². The molecule has 0 unspecified atom stereocenters. The molecule has 1 heterocycles. The number of H-pyrrole nitrogens is 1. The average Bonchev–Trinajstić information content (AvgIpc) is 2.37. The molecule has 0 atom stereocenters. The van der Waals surface area contributed by atoms with Gasteiger partial charge in [-0.1, -0.05) is 13.3 Å². The van der Waals surface area contributed by atoms with Gasteiger partial charge in [0.1, 0.15) is 5.56 Å². The minimum Gasteiger partial charge on any atom is -0.494 e. The van der Waals surface area contributed by atoms with E-state index in [1.807, 2.05) is 11.9 Å². The maximum atomic E-state index is 11.4. The number of aromatic hydroxyl groups is 1. The van der Waals surface area contributed by atoms with Crippen molar-refractivity contribution in [3.05, 3.63) is 26.4 Å². The zero-order valence-electron chi connectivity index (χ0n) is 10.8. The molecule has 104 valence electrons. The van der Waals surface area contributed by atoms with Crippen molar-refractivity contribution in [2.45, 2.75) is 26.2 Å². The third kappa shape index (κ3) is 3.80. The first kappa shape index (κ1) is 14.7. The second-order valence-electron chi connectivity index (χ2n) is 3.95. The van der Waals surface area contributed by atoms with Crippen LogP contribution in [-0.4, -0.2) is 26.8 Å². The number of carbonyl (C=O) groups is 1. The largest absolute Gasteiger partial charge is 0.494 e. The summed E-state index contributed by atoms with van der Waals surface area (Å²) < 4.78 is 0.863. The second-order valence-corrected chi connectivity index (χ2v) is 3.95. The molecule has 1 rings (SSSR count). The summed E-state index contributed by atoms with van der Waals surface area (Å²) in [4.78, 5) is 35.8. The molecule has 3 N–H and O–H groups in total. The minimum atomic E-state index is -0.771. The van der Waals surface area contributed by atoms with E-state index >= 15 is 0 Å². The van der Waals surface area contributed by atoms with Gasteiger partial charge in [-0.3, -0.25) is 19.1 Å². The summed E-state index contributed by atoms with van der Waals surface area (Å²) in [6.45, 7) is 1.96. The summed E-state index contributed by atoms with van der Waals surface area (Å²) >= 11 is 0. The Hall–Kier alpha value is -2.38. The van der Waals surface area contributed by atoms with Crippen molar-refractivity contribution in [2.75, 3.05) is 0 Å². The van der Waals surface area contributed by atoms with Crippen LogP contribution >= 0.6 is 0 Å². The zero-order valence-corrected chi connectivity index (χ0v) is 10.8. The topological polar surface area (TPSA) is 117 Å². The van der Waals surface area contributed by atoms with Crippen LogP contribution in [0.4, 0.5) is 0 Å². The monoisotopic (exact) mass is 268 g/mol. The highest BCUT2D eigenvalue weighted by Crippen LogP contribution is 2.04. The van der Waals surface area contributed by atoms with Gasteiger partial charge in [0.2, 0.25) is 11.8 Å². The highest BCUT2D eigenvalue weighted by Gasteiger charge is 2.09. The van der Waals surface area contributed by atoms with E-state index in [2.05, 4.69) is 10.5 Å². The van der Waals surface area contributed by atoms with Crippen molar-refractivity contribution in [3.8, 4) is 5.88 Å². The molecule has 0 saturated heterocycles. The Morgan fingerprint density at radius 1 is 1.53 bits per heavy atom. The van der Waals surface area contributed by atoms with E-state index in [0.717, 1.165) is 23.6 Å². The van der Waals surface area contributed by atoms with Gasteiger partial charge in [-0.2, -0.15) is 5.10 Å². The first-order chi connectivity index (χ1) is 8.97. The first-order valence-corrected chi connectivity index (χ1v) is 5.81. The molecule has 0 radical (unpaired) electrons. The number of amides is 1. The fourth-order valence-corrected chi connectivity index (χ4v) is 1.31. The van der Waals surface area contributed by atoms with Gasteiger partial charge >= 0.3 is 5.69 Å². The van der Waals surface area contributed by atoms with E-state index in [1.165, 1.54) is 7.05 Å². The van der Waals surface area contributed by atoms with Gasteiger partial charge in [-0.25, -0.2) is 10.2 Å². The number of aromatic nitrogens is 2. The predicted octanol–water partition coefficient (Wildman–Crippen LogP) is -0.581. The summed E-state index contributed by atoms with van der Waals surface area (Å²) in [5.41, 5.74) is 0.536. The lowest BCUT2D eigenvalue weighted by Gasteiger charge is -2.03. The third-order valence-corrected chi connectivity index (χ3v) is 2.47. The van der Waals surface area contributed by atoms with Gasteiger partial charge in [0.25, 0.3) is 5.56 Å². The lowest BCUT2D eigenvalue weighted by molar-refractivity contribution is -0.121. The third-order valence-electron chi connectivity index (χ3n) is 2.47. The quantitative estimate of drug-likeness (QED) is 0.489. The molecule has 1 aromatic rings. The molecule has 0 spiro atoms. The number of aromatic amines is 1. The highest BCUT2D eigenvalue weighted by molar-refractivity contribution is 5.83. The molecule has 1 aromatic heterocycles. The molecular formula is C11H16N4O4. The van der Waals surface area contributed by atoms with Crippen LogP contribution in [0.25, 0.3) is 0 Å². The number of hydrazone groups is 1. The number of nitrogens with zero attached hydrogens (tertiary/aromatic N) is 2. The molecule has 0 bridgehead atoms. The summed E-state index contributed by atoms with van der Waals surface area (Å²) in [5.74, 6) is -0.792. The normalized spacial score (nSPS) is 10.8. The molecule has 0 aliphatic carbocycles. The van der Waals surface area contributed by atoms with E-state index in [9.17, 15) is 19.5 Å². The molecule has 19 heavy (non-hydrogen) atoms. The standard InChI is InChI=1S/C11H16N4O4/c1-3-4-5-8(16)14-12-6-7-9(17)13-11(19)15(2)10(7)18/h6,18H,3-5H2,1-2H3,(H,14,16)(H,13,17,19). The molecular weight excluding hydrogens is 252 g/mol. The summed E-state index contributed by atoms with van der Waals surface area (Å²) in [6.07, 6.45) is 2.96. The number of hydrogen-bond acceptors (Lipinski definition) is 5. The smallest absolute Gasteiger partial charge is 0.330 e. The number of hydrogen-bond donors (Lipinski definition) is 3. The van der Waals surface area contributed by atoms with Crippen molar-refractivity contribution in [3.63, 3.8) is 0 Å². The van der Waals surface area contributed by atoms with Crippen LogP contribution in [0, 0.1) is 0 Å². The molecule has 1 amide bonds. The van der Waals surface area contributed by atoms with Gasteiger partial charge in [0.15, 0.2) is 0 Å². The van der Waals surface area contributed by atoms with Gasteiger partial charge in [0, 0.05) is 13.5 Å². The van der Waals surface area contributed by atoms with Crippen LogP contribution in [0.3, 0.4) is 0 Å². The van der Waals surface area contributed by atoms with Crippen LogP contribution in [0.2, 0.25) is 0 Å². The Morgan fingerprint density at radius 2 is 2.21 bits per heavy atom. The van der Waals surface area contributed by atoms with Crippen molar-refractivity contribution in [2.24, 2.45) is 12.1 Å². The van der Waals surface area contributed by atoms with E-state index in [1.54, 1.807) is 0 Å². The number of nitrogens with one attached hydrogen (secondary N) is 2. The van der Waals surface area contributed by atoms with E-state index in [-0.39, 0.29) is 11.5 Å². The number of rotatable bonds is 5. The Balaban J connectivity index is 2.84. The lowest BCUT2D eigenvalue weighted by Crippen LogP contribution is -2.30. The maximum Gasteiger partial charge on any atom is 0.330 e. The molecule has 8 nitrogen and oxygen atoms in total. The highest BCUT2D eigenvalue weighted by atomic mass is 16.3. The van der Waals surface area contributed by atoms with Gasteiger partial charge < -0.3 is 5.11 Å². The number of unbranched alkanes of at least 4 members (excludes halogenated alkanes) is 1. The molecule has 0 aromatic carbocycles. The Kier molecular flexibility index (Phi) is 5.04. The average molecular weight is 268 g/mol. The van der Waals surface area contributed by atoms with Gasteiger partial charge in [0.05, 0.1) is 6.21 Å². The molecule has 0 aliphatic heterocycles. The van der Waals surface area contributed by atoms with E-state index < -0.39 is 17.1 Å². The van der Waals surface area contributed by atoms with Crippen LogP contribution in [0.15, 0.2) is 14.7 Å². The Labute approximate surface area is 108 Å². The Morgan fingerprint density at radius 3 is 2.84 bits per heavy atom. The van der Waals surface area contributed by atoms with Crippen LogP contribution in [-0.2, 0) is 11.8 Å². The van der Waals surface area contributed by atoms with Gasteiger partial charge in [-0.05, 0) is 6.42 Å². The summed E-state index contributed by atoms with van der Waals surface area (Å²) in [7, 11) is 1.30. The summed E-state index contributed by atoms with van der Waals surface area (Å²) in [6, 6.07) is 0. The fourth-order valence-electron chi connectivity index (χ4n) is 1.31. The SMILES string of the molecule is CCCCC(=O)NN=Cc1c(O)n(C)c(=O)[nH]c1=O. The first-order valence-electron chi connectivity index (χ1n) is 5.81. The molecule has 8 heteroatoms. The minimum absolute atomic E-state index is 0.196. The van der Waals surface area contributed by atoms with Crippen LogP contribution in [0.1, 0.15) is 31.7 Å². The molecule has 0 fully saturated rings. The maximum absolute atomic E-state index is 11.4. The number of carbonyl (C=O) groups excluding carboxylic acids is 1. The second kappa shape index (κ2) is 6.53. The van der Waals surface area contributed by atoms with Crippen LogP contribution in [0.5, 0.6) is 5.88 Å². The van der Waals surface area contributed by atoms with Crippen molar-refractivity contribution in [1.29, 1.82) is 0 Å². The van der Waals surface area contributed by atoms with Crippen molar-refractivity contribution < 1.29 is 9.90 Å². The molecule has 0 aliphatic rings. The Bertz CT molecular complexity index is 600. The van der Waals surface area contributed by atoms with Gasteiger partial charge in [-0.15, -0.1) is 0 Å².